The minimum Gasteiger partial charge on any atom is -0.490 e. The summed E-state index contributed by atoms with van der Waals surface area (Å²) >= 11 is 14.8. The van der Waals surface area contributed by atoms with Crippen molar-refractivity contribution in [1.82, 2.24) is 10.2 Å². The molecule has 0 unspecified atom stereocenters. The predicted molar refractivity (Wildman–Crippen MR) is 127 cm³/mol. The van der Waals surface area contributed by atoms with Gasteiger partial charge < -0.3 is 14.8 Å². The van der Waals surface area contributed by atoms with Crippen LogP contribution in [0.2, 0.25) is 5.02 Å². The first-order valence-corrected chi connectivity index (χ1v) is 11.2. The van der Waals surface area contributed by atoms with Crippen LogP contribution in [-0.2, 0) is 11.4 Å². The molecular formula is C22H22BrClN2O3S. The number of carbonyl (C=O) groups excluding carboxylic acids is 1. The largest absolute Gasteiger partial charge is 0.490 e. The maximum absolute atomic E-state index is 12.6. The van der Waals surface area contributed by atoms with Crippen LogP contribution in [0.15, 0.2) is 46.6 Å². The molecule has 2 aromatic rings. The van der Waals surface area contributed by atoms with Crippen molar-refractivity contribution in [2.24, 2.45) is 0 Å². The van der Waals surface area contributed by atoms with Gasteiger partial charge in [-0.2, -0.15) is 0 Å². The zero-order valence-corrected chi connectivity index (χ0v) is 19.9. The van der Waals surface area contributed by atoms with Crippen molar-refractivity contribution in [2.45, 2.75) is 26.9 Å². The number of rotatable bonds is 8. The highest BCUT2D eigenvalue weighted by atomic mass is 79.9. The quantitative estimate of drug-likeness (QED) is 0.374. The fraction of sp³-hybridized carbons (Fsp3) is 0.273. The number of carbonyl (C=O) groups is 1. The van der Waals surface area contributed by atoms with E-state index in [9.17, 15) is 4.79 Å². The Kier molecular flexibility index (Phi) is 7.75. The molecule has 0 aromatic heterocycles. The first-order chi connectivity index (χ1) is 14.4. The summed E-state index contributed by atoms with van der Waals surface area (Å²) in [5.41, 5.74) is 2.23. The van der Waals surface area contributed by atoms with E-state index >= 15 is 0 Å². The number of ether oxygens (including phenoxy) is 2. The molecule has 0 bridgehead atoms. The van der Waals surface area contributed by atoms with Gasteiger partial charge in [0.2, 0.25) is 0 Å². The van der Waals surface area contributed by atoms with Gasteiger partial charge in [0, 0.05) is 11.6 Å². The molecule has 8 heteroatoms. The third-order valence-corrected chi connectivity index (χ3v) is 5.51. The van der Waals surface area contributed by atoms with E-state index in [4.69, 9.17) is 33.3 Å². The van der Waals surface area contributed by atoms with Gasteiger partial charge in [-0.1, -0.05) is 30.7 Å². The molecule has 0 atom stereocenters. The van der Waals surface area contributed by atoms with Gasteiger partial charge in [0.1, 0.15) is 12.3 Å². The summed E-state index contributed by atoms with van der Waals surface area (Å²) in [6.07, 6.45) is 2.60. The Morgan fingerprint density at radius 3 is 2.60 bits per heavy atom. The standard InChI is InChI=1S/C22H22BrClN2O3S/c1-3-9-26-21(27)18(25-22(26)30)11-15-10-17(23)20(19(12-15)28-4-2)29-13-14-5-7-16(24)8-6-14/h5-8,10-12H,3-4,9,13H2,1-2H3,(H,25,30)/b18-11-. The second kappa shape index (κ2) is 10.3. The van der Waals surface area contributed by atoms with Crippen molar-refractivity contribution < 1.29 is 14.3 Å². The highest BCUT2D eigenvalue weighted by Gasteiger charge is 2.29. The summed E-state index contributed by atoms with van der Waals surface area (Å²) in [5.74, 6) is 1.06. The fourth-order valence-corrected chi connectivity index (χ4v) is 3.96. The minimum atomic E-state index is -0.126. The second-order valence-corrected chi connectivity index (χ2v) is 8.30. The lowest BCUT2D eigenvalue weighted by Crippen LogP contribution is -2.31. The average molecular weight is 510 g/mol. The van der Waals surface area contributed by atoms with E-state index in [0.717, 1.165) is 22.0 Å². The molecule has 1 fully saturated rings. The molecular weight excluding hydrogens is 488 g/mol. The van der Waals surface area contributed by atoms with Crippen LogP contribution in [-0.4, -0.2) is 29.1 Å². The molecule has 5 nitrogen and oxygen atoms in total. The normalized spacial score (nSPS) is 14.9. The molecule has 1 amide bonds. The van der Waals surface area contributed by atoms with Crippen LogP contribution in [0, 0.1) is 0 Å². The van der Waals surface area contributed by atoms with Crippen molar-refractivity contribution >= 4 is 56.8 Å². The van der Waals surface area contributed by atoms with E-state index < -0.39 is 0 Å². The molecule has 1 aliphatic heterocycles. The molecule has 0 aliphatic carbocycles. The second-order valence-electron chi connectivity index (χ2n) is 6.62. The average Bonchev–Trinajstić information content (AvgIpc) is 2.97. The van der Waals surface area contributed by atoms with Crippen LogP contribution >= 0.6 is 39.7 Å². The molecule has 1 heterocycles. The molecule has 2 aromatic carbocycles. The third kappa shape index (κ3) is 5.33. The van der Waals surface area contributed by atoms with E-state index in [1.54, 1.807) is 11.0 Å². The number of nitrogens with zero attached hydrogens (tertiary/aromatic N) is 1. The number of amides is 1. The van der Waals surface area contributed by atoms with Gasteiger partial charge in [0.05, 0.1) is 11.1 Å². The Morgan fingerprint density at radius 1 is 1.20 bits per heavy atom. The smallest absolute Gasteiger partial charge is 0.276 e. The molecule has 1 saturated heterocycles. The number of nitrogens with one attached hydrogen (secondary N) is 1. The molecule has 158 valence electrons. The van der Waals surface area contributed by atoms with Crippen molar-refractivity contribution in [3.63, 3.8) is 0 Å². The van der Waals surface area contributed by atoms with Crippen LogP contribution in [0.1, 0.15) is 31.4 Å². The Hall–Kier alpha value is -2.09. The summed E-state index contributed by atoms with van der Waals surface area (Å²) in [5, 5.41) is 4.11. The van der Waals surface area contributed by atoms with Gasteiger partial charge >= 0.3 is 0 Å². The van der Waals surface area contributed by atoms with Gasteiger partial charge in [-0.25, -0.2) is 0 Å². The minimum absolute atomic E-state index is 0.126. The summed E-state index contributed by atoms with van der Waals surface area (Å²) in [6, 6.07) is 11.2. The highest BCUT2D eigenvalue weighted by Crippen LogP contribution is 2.38. The maximum Gasteiger partial charge on any atom is 0.276 e. The Labute approximate surface area is 195 Å². The van der Waals surface area contributed by atoms with Crippen LogP contribution < -0.4 is 14.8 Å². The number of hydrogen-bond donors (Lipinski definition) is 1. The first-order valence-electron chi connectivity index (χ1n) is 9.61. The van der Waals surface area contributed by atoms with Crippen molar-refractivity contribution in [3.05, 3.63) is 62.7 Å². The van der Waals surface area contributed by atoms with Crippen LogP contribution in [0.25, 0.3) is 6.08 Å². The van der Waals surface area contributed by atoms with Crippen molar-refractivity contribution in [2.75, 3.05) is 13.2 Å². The SMILES string of the molecule is CCCN1C(=O)/C(=C/c2cc(Br)c(OCc3ccc(Cl)cc3)c(OCC)c2)NC1=S. The maximum atomic E-state index is 12.6. The Bertz CT molecular complexity index is 979. The van der Waals surface area contributed by atoms with Crippen LogP contribution in [0.3, 0.4) is 0 Å². The molecule has 1 aliphatic rings. The zero-order valence-electron chi connectivity index (χ0n) is 16.7. The van der Waals surface area contributed by atoms with E-state index in [1.165, 1.54) is 0 Å². The topological polar surface area (TPSA) is 50.8 Å². The lowest BCUT2D eigenvalue weighted by atomic mass is 10.1. The monoisotopic (exact) mass is 508 g/mol. The number of hydrogen-bond acceptors (Lipinski definition) is 4. The third-order valence-electron chi connectivity index (χ3n) is 4.35. The molecule has 3 rings (SSSR count). The summed E-state index contributed by atoms with van der Waals surface area (Å²) in [4.78, 5) is 14.2. The van der Waals surface area contributed by atoms with Crippen LogP contribution in [0.5, 0.6) is 11.5 Å². The summed E-state index contributed by atoms with van der Waals surface area (Å²) in [6.45, 7) is 5.36. The zero-order chi connectivity index (χ0) is 21.7. The molecule has 0 saturated carbocycles. The predicted octanol–water partition coefficient (Wildman–Crippen LogP) is 5.55. The number of halogens is 2. The van der Waals surface area contributed by atoms with Gasteiger partial charge in [-0.3, -0.25) is 9.69 Å². The first kappa shape index (κ1) is 22.6. The van der Waals surface area contributed by atoms with E-state index in [1.807, 2.05) is 50.2 Å². The van der Waals surface area contributed by atoms with Crippen molar-refractivity contribution in [3.8, 4) is 11.5 Å². The summed E-state index contributed by atoms with van der Waals surface area (Å²) < 4.78 is 12.5. The molecule has 0 radical (unpaired) electrons. The molecule has 30 heavy (non-hydrogen) atoms. The summed E-state index contributed by atoms with van der Waals surface area (Å²) in [7, 11) is 0. The van der Waals surface area contributed by atoms with Crippen molar-refractivity contribution in [1.29, 1.82) is 0 Å². The van der Waals surface area contributed by atoms with Gasteiger partial charge in [0.15, 0.2) is 16.6 Å². The van der Waals surface area contributed by atoms with Gasteiger partial charge in [-0.15, -0.1) is 0 Å². The molecule has 0 spiro atoms. The van der Waals surface area contributed by atoms with E-state index in [0.29, 0.717) is 47.1 Å². The number of benzene rings is 2. The van der Waals surface area contributed by atoms with Crippen LogP contribution in [0.4, 0.5) is 0 Å². The molecule has 1 N–H and O–H groups in total. The van der Waals surface area contributed by atoms with E-state index in [-0.39, 0.29) is 5.91 Å². The van der Waals surface area contributed by atoms with Gasteiger partial charge in [-0.05, 0) is 83.0 Å². The van der Waals surface area contributed by atoms with E-state index in [2.05, 4.69) is 21.2 Å². The Balaban J connectivity index is 1.85. The number of thiocarbonyl (C=S) groups is 1. The fourth-order valence-electron chi connectivity index (χ4n) is 2.98. The van der Waals surface area contributed by atoms with Gasteiger partial charge in [0.25, 0.3) is 5.91 Å². The lowest BCUT2D eigenvalue weighted by molar-refractivity contribution is -0.122. The Morgan fingerprint density at radius 2 is 1.93 bits per heavy atom. The lowest BCUT2D eigenvalue weighted by Gasteiger charge is -2.15. The highest BCUT2D eigenvalue weighted by molar-refractivity contribution is 9.10.